The van der Waals surface area contributed by atoms with E-state index >= 15 is 0 Å². The molecule has 0 unspecified atom stereocenters. The van der Waals surface area contributed by atoms with E-state index in [2.05, 4.69) is 5.32 Å². The van der Waals surface area contributed by atoms with Gasteiger partial charge >= 0.3 is 0 Å². The number of methoxy groups -OCH3 is 2. The smallest absolute Gasteiger partial charge is 0.228 e. The van der Waals surface area contributed by atoms with E-state index in [0.717, 1.165) is 0 Å². The number of benzene rings is 2. The molecule has 2 aromatic rings. The lowest BCUT2D eigenvalue weighted by molar-refractivity contribution is -0.117. The van der Waals surface area contributed by atoms with Crippen molar-refractivity contribution in [2.75, 3.05) is 19.5 Å². The van der Waals surface area contributed by atoms with E-state index in [1.807, 2.05) is 0 Å². The summed E-state index contributed by atoms with van der Waals surface area (Å²) in [5.74, 6) is 0.534. The minimum atomic E-state index is -0.255. The molecule has 4 nitrogen and oxygen atoms in total. The fraction of sp³-hybridized carbons (Fsp3) is 0.278. The summed E-state index contributed by atoms with van der Waals surface area (Å²) in [6, 6.07) is 11.8. The Hall–Kier alpha value is -2.56. The van der Waals surface area contributed by atoms with Crippen LogP contribution >= 0.6 is 0 Å². The zero-order valence-electron chi connectivity index (χ0n) is 13.0. The first-order valence-corrected chi connectivity index (χ1v) is 7.41. The molecule has 0 heterocycles. The van der Waals surface area contributed by atoms with Crippen molar-refractivity contribution in [2.45, 2.75) is 12.3 Å². The maximum absolute atomic E-state index is 13.8. The summed E-state index contributed by atoms with van der Waals surface area (Å²) < 4.78 is 24.2. The van der Waals surface area contributed by atoms with Crippen molar-refractivity contribution < 1.29 is 18.7 Å². The van der Waals surface area contributed by atoms with Gasteiger partial charge in [0.1, 0.15) is 17.3 Å². The number of halogens is 1. The number of rotatable bonds is 5. The molecule has 2 atom stereocenters. The molecule has 1 aliphatic rings. The summed E-state index contributed by atoms with van der Waals surface area (Å²) >= 11 is 0. The summed E-state index contributed by atoms with van der Waals surface area (Å²) in [5, 5.41) is 2.85. The second kappa shape index (κ2) is 6.28. The van der Waals surface area contributed by atoms with E-state index in [9.17, 15) is 9.18 Å². The molecule has 2 aromatic carbocycles. The molecule has 120 valence electrons. The normalized spacial score (nSPS) is 19.1. The SMILES string of the molecule is COc1ccc(NC(=O)[C@@H]2C[C@H]2c2ccccc2F)c(OC)c1. The van der Waals surface area contributed by atoms with Crippen LogP contribution in [0.1, 0.15) is 17.9 Å². The van der Waals surface area contributed by atoms with Crippen molar-refractivity contribution in [2.24, 2.45) is 5.92 Å². The van der Waals surface area contributed by atoms with E-state index in [1.165, 1.54) is 13.2 Å². The van der Waals surface area contributed by atoms with Gasteiger partial charge in [-0.05, 0) is 36.1 Å². The highest BCUT2D eigenvalue weighted by Crippen LogP contribution is 2.49. The van der Waals surface area contributed by atoms with Crippen LogP contribution in [0.25, 0.3) is 0 Å². The van der Waals surface area contributed by atoms with Crippen molar-refractivity contribution in [3.8, 4) is 11.5 Å². The van der Waals surface area contributed by atoms with Crippen molar-refractivity contribution >= 4 is 11.6 Å². The number of hydrogen-bond donors (Lipinski definition) is 1. The molecule has 0 aliphatic heterocycles. The molecule has 5 heteroatoms. The Balaban J connectivity index is 1.71. The van der Waals surface area contributed by atoms with Gasteiger partial charge in [-0.1, -0.05) is 18.2 Å². The molecule has 1 aliphatic carbocycles. The standard InChI is InChI=1S/C18H18FNO3/c1-22-11-7-8-16(17(9-11)23-2)20-18(21)14-10-13(14)12-5-3-4-6-15(12)19/h3-9,13-14H,10H2,1-2H3,(H,20,21)/t13-,14+/m0/s1. The average molecular weight is 315 g/mol. The van der Waals surface area contributed by atoms with Crippen LogP contribution in [0.3, 0.4) is 0 Å². The van der Waals surface area contributed by atoms with Crippen LogP contribution in [0.15, 0.2) is 42.5 Å². The fourth-order valence-electron chi connectivity index (χ4n) is 2.73. The lowest BCUT2D eigenvalue weighted by Crippen LogP contribution is -2.15. The van der Waals surface area contributed by atoms with Gasteiger partial charge in [-0.15, -0.1) is 0 Å². The van der Waals surface area contributed by atoms with Gasteiger partial charge < -0.3 is 14.8 Å². The Morgan fingerprint density at radius 2 is 1.96 bits per heavy atom. The Morgan fingerprint density at radius 3 is 2.65 bits per heavy atom. The van der Waals surface area contributed by atoms with Crippen molar-refractivity contribution in [1.82, 2.24) is 0 Å². The topological polar surface area (TPSA) is 47.6 Å². The molecule has 0 radical (unpaired) electrons. The van der Waals surface area contributed by atoms with Gasteiger partial charge in [0.05, 0.1) is 19.9 Å². The van der Waals surface area contributed by atoms with E-state index in [-0.39, 0.29) is 23.6 Å². The molecular weight excluding hydrogens is 297 g/mol. The predicted molar refractivity (Wildman–Crippen MR) is 85.4 cm³/mol. The van der Waals surface area contributed by atoms with Gasteiger partial charge in [0, 0.05) is 12.0 Å². The third-order valence-corrected chi connectivity index (χ3v) is 4.10. The van der Waals surface area contributed by atoms with E-state index in [4.69, 9.17) is 9.47 Å². The number of anilines is 1. The highest BCUT2D eigenvalue weighted by Gasteiger charge is 2.45. The number of carbonyl (C=O) groups is 1. The second-order valence-electron chi connectivity index (χ2n) is 5.53. The van der Waals surface area contributed by atoms with Crippen LogP contribution in [0, 0.1) is 11.7 Å². The fourth-order valence-corrected chi connectivity index (χ4v) is 2.73. The highest BCUT2D eigenvalue weighted by atomic mass is 19.1. The van der Waals surface area contributed by atoms with Gasteiger partial charge in [-0.25, -0.2) is 4.39 Å². The first-order chi connectivity index (χ1) is 11.1. The van der Waals surface area contributed by atoms with Crippen molar-refractivity contribution in [3.05, 3.63) is 53.8 Å². The van der Waals surface area contributed by atoms with Gasteiger partial charge in [0.2, 0.25) is 5.91 Å². The second-order valence-corrected chi connectivity index (χ2v) is 5.53. The van der Waals surface area contributed by atoms with Gasteiger partial charge in [0.25, 0.3) is 0 Å². The van der Waals surface area contributed by atoms with Crippen LogP contribution in [0.5, 0.6) is 11.5 Å². The third kappa shape index (κ3) is 3.13. The Labute approximate surface area is 134 Å². The zero-order valence-corrected chi connectivity index (χ0v) is 13.0. The van der Waals surface area contributed by atoms with Gasteiger partial charge in [-0.2, -0.15) is 0 Å². The Bertz CT molecular complexity index is 732. The first kappa shape index (κ1) is 15.3. The summed E-state index contributed by atoms with van der Waals surface area (Å²) in [6.07, 6.45) is 0.658. The number of carbonyl (C=O) groups excluding carboxylic acids is 1. The van der Waals surface area contributed by atoms with Crippen molar-refractivity contribution in [1.29, 1.82) is 0 Å². The molecule has 1 N–H and O–H groups in total. The van der Waals surface area contributed by atoms with Crippen molar-refractivity contribution in [3.63, 3.8) is 0 Å². The summed E-state index contributed by atoms with van der Waals surface area (Å²) in [6.45, 7) is 0. The molecule has 1 saturated carbocycles. The quantitative estimate of drug-likeness (QED) is 0.917. The third-order valence-electron chi connectivity index (χ3n) is 4.10. The number of nitrogens with one attached hydrogen (secondary N) is 1. The van der Waals surface area contributed by atoms with Crippen LogP contribution in [0.4, 0.5) is 10.1 Å². The molecule has 1 fully saturated rings. The van der Waals surface area contributed by atoms with E-state index in [1.54, 1.807) is 43.5 Å². The van der Waals surface area contributed by atoms with Gasteiger partial charge in [0.15, 0.2) is 0 Å². The minimum absolute atomic E-state index is 0.0551. The van der Waals surface area contributed by atoms with Crippen LogP contribution < -0.4 is 14.8 Å². The number of hydrogen-bond acceptors (Lipinski definition) is 3. The molecule has 1 amide bonds. The maximum atomic E-state index is 13.8. The van der Waals surface area contributed by atoms with Crippen LogP contribution in [-0.2, 0) is 4.79 Å². The molecule has 0 bridgehead atoms. The number of amides is 1. The Morgan fingerprint density at radius 1 is 1.17 bits per heavy atom. The summed E-state index contributed by atoms with van der Waals surface area (Å²) in [4.78, 5) is 12.4. The molecular formula is C18H18FNO3. The average Bonchev–Trinajstić information content (AvgIpc) is 3.36. The summed E-state index contributed by atoms with van der Waals surface area (Å²) in [5.41, 5.74) is 1.19. The maximum Gasteiger partial charge on any atom is 0.228 e. The lowest BCUT2D eigenvalue weighted by atomic mass is 10.1. The largest absolute Gasteiger partial charge is 0.497 e. The molecule has 0 saturated heterocycles. The van der Waals surface area contributed by atoms with Crippen LogP contribution in [-0.4, -0.2) is 20.1 Å². The predicted octanol–water partition coefficient (Wildman–Crippen LogP) is 3.59. The Kier molecular flexibility index (Phi) is 4.19. The van der Waals surface area contributed by atoms with Gasteiger partial charge in [-0.3, -0.25) is 4.79 Å². The lowest BCUT2D eigenvalue weighted by Gasteiger charge is -2.11. The highest BCUT2D eigenvalue weighted by molar-refractivity contribution is 5.96. The van der Waals surface area contributed by atoms with E-state index < -0.39 is 0 Å². The monoisotopic (exact) mass is 315 g/mol. The molecule has 3 rings (SSSR count). The molecule has 0 spiro atoms. The molecule has 23 heavy (non-hydrogen) atoms. The van der Waals surface area contributed by atoms with E-state index in [0.29, 0.717) is 29.2 Å². The summed E-state index contributed by atoms with van der Waals surface area (Å²) in [7, 11) is 3.10. The number of ether oxygens (including phenoxy) is 2. The van der Waals surface area contributed by atoms with Crippen LogP contribution in [0.2, 0.25) is 0 Å². The minimum Gasteiger partial charge on any atom is -0.497 e. The molecule has 0 aromatic heterocycles. The zero-order chi connectivity index (χ0) is 16.4. The first-order valence-electron chi connectivity index (χ1n) is 7.41.